The normalized spacial score (nSPS) is 12.0. The van der Waals surface area contributed by atoms with E-state index in [-0.39, 0.29) is 0 Å². The summed E-state index contributed by atoms with van der Waals surface area (Å²) in [6.45, 7) is 18.9. The third kappa shape index (κ3) is 16.4. The minimum atomic E-state index is -2.76. The van der Waals surface area contributed by atoms with E-state index in [1.165, 1.54) is 0 Å². The van der Waals surface area contributed by atoms with Gasteiger partial charge in [0, 0.05) is 77.6 Å². The van der Waals surface area contributed by atoms with Crippen molar-refractivity contribution in [2.75, 3.05) is 52.7 Å². The van der Waals surface area contributed by atoms with Crippen LogP contribution in [0.3, 0.4) is 0 Å². The van der Waals surface area contributed by atoms with Gasteiger partial charge in [0.15, 0.2) is 0 Å². The summed E-state index contributed by atoms with van der Waals surface area (Å²) >= 11 is 0. The molecule has 0 aliphatic carbocycles. The maximum Gasteiger partial charge on any atom is 0.500 e. The number of amides is 2. The maximum absolute atomic E-state index is 12.5. The van der Waals surface area contributed by atoms with Gasteiger partial charge >= 0.3 is 21.0 Å². The smallest absolute Gasteiger partial charge is 0.410 e. The standard InChI is InChI=1S/C43H62N4O10Si/c1-9-50-43(51-10-2,52-11-3)25-15-26-44-41(48)56-37-21-23-39(33(7)29-37)46-31-35-17-19-36(20-18-35)32-47-40-24-22-38(30-34(40)8)57-42(49)45-27-16-28-58(53-12-4,54-13-5)55-14-6/h17-24,29-32H,9-16,25-28H2,1-8H3,(H,44,48)(H,45,49). The molecule has 58 heavy (non-hydrogen) atoms. The highest BCUT2D eigenvalue weighted by molar-refractivity contribution is 6.60. The molecule has 0 aromatic heterocycles. The third-order valence-electron chi connectivity index (χ3n) is 8.44. The Morgan fingerprint density at radius 3 is 1.40 bits per heavy atom. The van der Waals surface area contributed by atoms with Crippen molar-refractivity contribution < 1.29 is 46.6 Å². The van der Waals surface area contributed by atoms with E-state index in [4.69, 9.17) is 37.0 Å². The van der Waals surface area contributed by atoms with E-state index >= 15 is 0 Å². The fourth-order valence-corrected chi connectivity index (χ4v) is 8.52. The molecule has 2 N–H and O–H groups in total. The van der Waals surface area contributed by atoms with Crippen LogP contribution < -0.4 is 20.1 Å². The molecule has 0 spiro atoms. The van der Waals surface area contributed by atoms with Crippen LogP contribution in [0.1, 0.15) is 83.1 Å². The summed E-state index contributed by atoms with van der Waals surface area (Å²) in [5, 5.41) is 5.56. The minimum Gasteiger partial charge on any atom is -0.410 e. The molecular formula is C43H62N4O10Si. The Balaban J connectivity index is 1.46. The maximum atomic E-state index is 12.5. The Kier molecular flexibility index (Phi) is 21.3. The molecule has 14 nitrogen and oxygen atoms in total. The van der Waals surface area contributed by atoms with E-state index in [0.717, 1.165) is 33.6 Å². The Labute approximate surface area is 345 Å². The molecule has 0 atom stereocenters. The van der Waals surface area contributed by atoms with Gasteiger partial charge in [-0.2, -0.15) is 0 Å². The number of nitrogens with one attached hydrogen (secondary N) is 2. The van der Waals surface area contributed by atoms with Crippen molar-refractivity contribution in [2.24, 2.45) is 9.98 Å². The summed E-state index contributed by atoms with van der Waals surface area (Å²) in [5.74, 6) is -0.268. The van der Waals surface area contributed by atoms with Crippen LogP contribution in [0.5, 0.6) is 11.5 Å². The molecule has 0 aliphatic rings. The lowest BCUT2D eigenvalue weighted by Crippen LogP contribution is -2.46. The van der Waals surface area contributed by atoms with Crippen LogP contribution in [0.2, 0.25) is 6.04 Å². The van der Waals surface area contributed by atoms with Gasteiger partial charge in [0.1, 0.15) is 11.5 Å². The summed E-state index contributed by atoms with van der Waals surface area (Å²) < 4.78 is 45.8. The molecule has 15 heteroatoms. The zero-order chi connectivity index (χ0) is 42.2. The van der Waals surface area contributed by atoms with Crippen LogP contribution in [-0.4, -0.2) is 92.1 Å². The van der Waals surface area contributed by atoms with Crippen LogP contribution in [0.15, 0.2) is 70.6 Å². The van der Waals surface area contributed by atoms with Crippen molar-refractivity contribution in [2.45, 2.75) is 86.7 Å². The quantitative estimate of drug-likeness (QED) is 0.0347. The van der Waals surface area contributed by atoms with Gasteiger partial charge in [0.2, 0.25) is 0 Å². The summed E-state index contributed by atoms with van der Waals surface area (Å²) in [4.78, 5) is 34.2. The Morgan fingerprint density at radius 1 is 0.603 bits per heavy atom. The van der Waals surface area contributed by atoms with E-state index in [2.05, 4.69) is 20.6 Å². The second kappa shape index (κ2) is 25.8. The highest BCUT2D eigenvalue weighted by atomic mass is 28.4. The first-order valence-electron chi connectivity index (χ1n) is 20.2. The first-order valence-corrected chi connectivity index (χ1v) is 22.1. The summed E-state index contributed by atoms with van der Waals surface area (Å²) in [6, 6.07) is 19.0. The molecule has 0 saturated heterocycles. The Morgan fingerprint density at radius 2 is 1.02 bits per heavy atom. The number of benzene rings is 3. The minimum absolute atomic E-state index is 0.370. The lowest BCUT2D eigenvalue weighted by molar-refractivity contribution is -0.379. The second-order valence-electron chi connectivity index (χ2n) is 12.9. The van der Waals surface area contributed by atoms with Crippen molar-refractivity contribution in [1.82, 2.24) is 10.6 Å². The summed E-state index contributed by atoms with van der Waals surface area (Å²) in [5.41, 5.74) is 5.05. The van der Waals surface area contributed by atoms with Gasteiger partial charge in [-0.05, 0) is 127 Å². The van der Waals surface area contributed by atoms with Gasteiger partial charge in [-0.3, -0.25) is 9.98 Å². The molecule has 3 rings (SSSR count). The Hall–Kier alpha value is -4.48. The first kappa shape index (κ1) is 47.9. The lowest BCUT2D eigenvalue weighted by atomic mass is 10.1. The molecule has 2 amide bonds. The van der Waals surface area contributed by atoms with Gasteiger partial charge in [-0.15, -0.1) is 0 Å². The van der Waals surface area contributed by atoms with Gasteiger partial charge in [-0.25, -0.2) is 9.59 Å². The molecule has 0 saturated carbocycles. The van der Waals surface area contributed by atoms with Gasteiger partial charge in [-0.1, -0.05) is 24.3 Å². The molecule has 0 unspecified atom stereocenters. The van der Waals surface area contributed by atoms with Crippen molar-refractivity contribution in [3.05, 3.63) is 82.9 Å². The molecule has 3 aromatic rings. The number of ether oxygens (including phenoxy) is 5. The van der Waals surface area contributed by atoms with Crippen LogP contribution in [0.4, 0.5) is 21.0 Å². The summed E-state index contributed by atoms with van der Waals surface area (Å²) in [7, 11) is -2.76. The van der Waals surface area contributed by atoms with Crippen LogP contribution in [-0.2, 0) is 27.5 Å². The Bertz CT molecular complexity index is 1590. The van der Waals surface area contributed by atoms with E-state index in [0.29, 0.717) is 89.5 Å². The first-order chi connectivity index (χ1) is 28.0. The lowest BCUT2D eigenvalue weighted by Gasteiger charge is -2.32. The van der Waals surface area contributed by atoms with Gasteiger partial charge in [0.05, 0.1) is 11.4 Å². The number of aryl methyl sites for hydroxylation is 2. The number of rotatable bonds is 26. The largest absolute Gasteiger partial charge is 0.500 e. The van der Waals surface area contributed by atoms with Crippen LogP contribution in [0.25, 0.3) is 0 Å². The van der Waals surface area contributed by atoms with E-state index in [9.17, 15) is 9.59 Å². The molecule has 0 fully saturated rings. The average Bonchev–Trinajstić information content (AvgIpc) is 3.19. The number of carbonyl (C=O) groups excluding carboxylic acids is 2. The number of aliphatic imine (C=N–C) groups is 2. The fourth-order valence-electron chi connectivity index (χ4n) is 5.91. The number of hydrogen-bond donors (Lipinski definition) is 2. The van der Waals surface area contributed by atoms with E-state index in [1.807, 2.05) is 91.8 Å². The SMILES string of the molecule is CCOC(CCCNC(=O)Oc1ccc(N=Cc2ccc(C=Nc3ccc(OC(=O)NCCC[Si](OCC)(OCC)OCC)cc3C)cc2)c(C)c1)(OCC)OCC. The number of hydrogen-bond acceptors (Lipinski definition) is 12. The molecule has 0 heterocycles. The van der Waals surface area contributed by atoms with E-state index in [1.54, 1.807) is 36.7 Å². The number of carbonyl (C=O) groups is 2. The average molecular weight is 823 g/mol. The highest BCUT2D eigenvalue weighted by Crippen LogP contribution is 2.26. The van der Waals surface area contributed by atoms with Crippen molar-refractivity contribution in [3.63, 3.8) is 0 Å². The van der Waals surface area contributed by atoms with Crippen molar-refractivity contribution in [1.29, 1.82) is 0 Å². The highest BCUT2D eigenvalue weighted by Gasteiger charge is 2.39. The van der Waals surface area contributed by atoms with Gasteiger partial charge in [0.25, 0.3) is 5.97 Å². The molecule has 0 aliphatic heterocycles. The molecule has 0 radical (unpaired) electrons. The molecule has 3 aromatic carbocycles. The van der Waals surface area contributed by atoms with Crippen molar-refractivity contribution in [3.8, 4) is 11.5 Å². The van der Waals surface area contributed by atoms with E-state index < -0.39 is 27.0 Å². The fraction of sp³-hybridized carbons (Fsp3) is 0.488. The zero-order valence-electron chi connectivity index (χ0n) is 35.4. The van der Waals surface area contributed by atoms with Crippen LogP contribution in [0, 0.1) is 13.8 Å². The van der Waals surface area contributed by atoms with Crippen molar-refractivity contribution >= 4 is 44.8 Å². The topological polar surface area (TPSA) is 157 Å². The number of nitrogens with zero attached hydrogens (tertiary/aromatic N) is 2. The summed E-state index contributed by atoms with van der Waals surface area (Å²) in [6.07, 6.45) is 4.15. The predicted molar refractivity (Wildman–Crippen MR) is 228 cm³/mol. The van der Waals surface area contributed by atoms with Gasteiger partial charge < -0.3 is 47.6 Å². The monoisotopic (exact) mass is 822 g/mol. The predicted octanol–water partition coefficient (Wildman–Crippen LogP) is 8.96. The third-order valence-corrected chi connectivity index (χ3v) is 11.6. The second-order valence-corrected chi connectivity index (χ2v) is 15.6. The molecule has 318 valence electrons. The molecule has 0 bridgehead atoms. The van der Waals surface area contributed by atoms with Crippen LogP contribution >= 0.6 is 0 Å². The zero-order valence-corrected chi connectivity index (χ0v) is 36.4. The molecular weight excluding hydrogens is 761 g/mol.